The molecule has 1 saturated heterocycles. The molecule has 1 spiro atoms. The summed E-state index contributed by atoms with van der Waals surface area (Å²) in [7, 11) is 0. The smallest absolute Gasteiger partial charge is 0.310 e. The fourth-order valence-electron chi connectivity index (χ4n) is 3.60. The molecule has 4 rings (SSSR count). The molecule has 1 heterocycles. The Hall–Kier alpha value is -1.57. The molecule has 0 amide bonds. The van der Waals surface area contributed by atoms with Crippen LogP contribution in [0.4, 0.5) is 0 Å². The number of allylic oxidation sites excluding steroid dienone is 1. The van der Waals surface area contributed by atoms with Crippen molar-refractivity contribution in [1.29, 1.82) is 0 Å². The molecule has 0 N–H and O–H groups in total. The van der Waals surface area contributed by atoms with Gasteiger partial charge in [0.1, 0.15) is 6.61 Å². The molecule has 0 radical (unpaired) electrons. The summed E-state index contributed by atoms with van der Waals surface area (Å²) < 4.78 is 5.23. The first-order valence-electron chi connectivity index (χ1n) is 5.74. The fourth-order valence-corrected chi connectivity index (χ4v) is 3.60. The second kappa shape index (κ2) is 2.57. The molecule has 1 saturated carbocycles. The number of carbonyl (C=O) groups excluding carboxylic acids is 1. The van der Waals surface area contributed by atoms with E-state index in [9.17, 15) is 4.79 Å². The Morgan fingerprint density at radius 1 is 1.25 bits per heavy atom. The van der Waals surface area contributed by atoms with Gasteiger partial charge in [0.15, 0.2) is 0 Å². The summed E-state index contributed by atoms with van der Waals surface area (Å²) in [6.07, 6.45) is 4.41. The second-order valence-corrected chi connectivity index (χ2v) is 5.02. The van der Waals surface area contributed by atoms with Gasteiger partial charge in [-0.05, 0) is 11.5 Å². The average Bonchev–Trinajstić information content (AvgIpc) is 2.63. The van der Waals surface area contributed by atoms with Crippen molar-refractivity contribution in [3.8, 4) is 0 Å². The molecule has 2 aliphatic carbocycles. The zero-order valence-corrected chi connectivity index (χ0v) is 8.80. The minimum atomic E-state index is -0.00514. The Morgan fingerprint density at radius 2 is 2.06 bits per heavy atom. The Morgan fingerprint density at radius 3 is 2.75 bits per heavy atom. The van der Waals surface area contributed by atoms with E-state index in [1.165, 1.54) is 5.56 Å². The van der Waals surface area contributed by atoms with Gasteiger partial charge in [-0.2, -0.15) is 0 Å². The minimum Gasteiger partial charge on any atom is -0.464 e. The van der Waals surface area contributed by atoms with Crippen molar-refractivity contribution in [1.82, 2.24) is 0 Å². The standard InChI is InChI=1S/C14H12O2/c15-13-12-11(9-4-2-1-3-5-9)10-6-7-14(10,12)8-16-13/h1-7,10-12H,8H2/t10-,11+,12+,14?/m0/s1. The van der Waals surface area contributed by atoms with Gasteiger partial charge in [0.25, 0.3) is 0 Å². The van der Waals surface area contributed by atoms with Crippen LogP contribution in [0.2, 0.25) is 0 Å². The van der Waals surface area contributed by atoms with E-state index in [4.69, 9.17) is 4.74 Å². The number of carbonyl (C=O) groups is 1. The van der Waals surface area contributed by atoms with E-state index in [0.29, 0.717) is 18.4 Å². The van der Waals surface area contributed by atoms with E-state index in [1.54, 1.807) is 0 Å². The molecule has 2 nitrogen and oxygen atoms in total. The van der Waals surface area contributed by atoms with E-state index in [2.05, 4.69) is 24.3 Å². The van der Waals surface area contributed by atoms with Gasteiger partial charge in [-0.1, -0.05) is 42.5 Å². The fraction of sp³-hybridized carbons (Fsp3) is 0.357. The van der Waals surface area contributed by atoms with Gasteiger partial charge in [0, 0.05) is 11.3 Å². The van der Waals surface area contributed by atoms with Crippen LogP contribution < -0.4 is 0 Å². The summed E-state index contributed by atoms with van der Waals surface area (Å²) in [5.74, 6) is 0.937. The normalized spacial score (nSPS) is 42.8. The number of hydrogen-bond donors (Lipinski definition) is 0. The molecule has 0 aromatic heterocycles. The SMILES string of the molecule is O=C1OCC23C=C[C@H]2[C@@H](c2ccccc2)[C@H]13. The molecule has 80 valence electrons. The number of rotatable bonds is 1. The predicted molar refractivity (Wildman–Crippen MR) is 58.7 cm³/mol. The van der Waals surface area contributed by atoms with Crippen LogP contribution in [0.15, 0.2) is 42.5 Å². The minimum absolute atomic E-state index is 0.00514. The molecule has 1 aromatic rings. The molecular formula is C14H12O2. The molecule has 16 heavy (non-hydrogen) atoms. The molecule has 0 bridgehead atoms. The first kappa shape index (κ1) is 8.57. The number of benzene rings is 1. The Balaban J connectivity index is 1.78. The van der Waals surface area contributed by atoms with Crippen LogP contribution in [-0.2, 0) is 9.53 Å². The first-order valence-corrected chi connectivity index (χ1v) is 5.74. The maximum absolute atomic E-state index is 11.7. The van der Waals surface area contributed by atoms with E-state index >= 15 is 0 Å². The molecule has 4 atom stereocenters. The Kier molecular flexibility index (Phi) is 1.37. The lowest BCUT2D eigenvalue weighted by Gasteiger charge is -2.58. The maximum Gasteiger partial charge on any atom is 0.310 e. The Bertz CT molecular complexity index is 491. The highest BCUT2D eigenvalue weighted by Crippen LogP contribution is 2.69. The van der Waals surface area contributed by atoms with Crippen molar-refractivity contribution in [3.05, 3.63) is 48.0 Å². The van der Waals surface area contributed by atoms with E-state index in [0.717, 1.165) is 0 Å². The topological polar surface area (TPSA) is 26.3 Å². The summed E-state index contributed by atoms with van der Waals surface area (Å²) in [6, 6.07) is 10.3. The van der Waals surface area contributed by atoms with Gasteiger partial charge in [-0.15, -0.1) is 0 Å². The van der Waals surface area contributed by atoms with Crippen LogP contribution >= 0.6 is 0 Å². The molecule has 1 unspecified atom stereocenters. The summed E-state index contributed by atoms with van der Waals surface area (Å²) in [5, 5.41) is 0. The molecular weight excluding hydrogens is 200 g/mol. The van der Waals surface area contributed by atoms with E-state index in [-0.39, 0.29) is 17.3 Å². The third kappa shape index (κ3) is 0.753. The summed E-state index contributed by atoms with van der Waals surface area (Å²) in [4.78, 5) is 11.7. The largest absolute Gasteiger partial charge is 0.464 e. The molecule has 2 heteroatoms. The number of esters is 1. The van der Waals surface area contributed by atoms with Crippen LogP contribution in [0.5, 0.6) is 0 Å². The van der Waals surface area contributed by atoms with Gasteiger partial charge in [0.05, 0.1) is 5.92 Å². The van der Waals surface area contributed by atoms with Crippen LogP contribution in [0.25, 0.3) is 0 Å². The zero-order valence-electron chi connectivity index (χ0n) is 8.80. The third-order valence-electron chi connectivity index (χ3n) is 4.46. The number of cyclic esters (lactones) is 1. The van der Waals surface area contributed by atoms with Gasteiger partial charge in [0.2, 0.25) is 0 Å². The molecule has 1 aliphatic heterocycles. The van der Waals surface area contributed by atoms with Crippen molar-refractivity contribution in [2.24, 2.45) is 17.3 Å². The zero-order chi connectivity index (χ0) is 10.8. The lowest BCUT2D eigenvalue weighted by atomic mass is 9.41. The van der Waals surface area contributed by atoms with Crippen molar-refractivity contribution in [2.45, 2.75) is 5.92 Å². The van der Waals surface area contributed by atoms with Gasteiger partial charge < -0.3 is 4.74 Å². The number of hydrogen-bond acceptors (Lipinski definition) is 2. The van der Waals surface area contributed by atoms with Crippen LogP contribution in [0, 0.1) is 17.3 Å². The van der Waals surface area contributed by atoms with Crippen molar-refractivity contribution < 1.29 is 9.53 Å². The highest BCUT2D eigenvalue weighted by Gasteiger charge is 2.70. The van der Waals surface area contributed by atoms with Crippen molar-refractivity contribution in [3.63, 3.8) is 0 Å². The Labute approximate surface area is 93.9 Å². The average molecular weight is 212 g/mol. The van der Waals surface area contributed by atoms with Gasteiger partial charge >= 0.3 is 5.97 Å². The lowest BCUT2D eigenvalue weighted by molar-refractivity contribution is -0.144. The van der Waals surface area contributed by atoms with Crippen LogP contribution in [0.3, 0.4) is 0 Å². The number of ether oxygens (including phenoxy) is 1. The molecule has 1 aromatic carbocycles. The summed E-state index contributed by atoms with van der Waals surface area (Å²) in [6.45, 7) is 0.598. The highest BCUT2D eigenvalue weighted by molar-refractivity contribution is 5.81. The first-order chi connectivity index (χ1) is 7.83. The summed E-state index contributed by atoms with van der Waals surface area (Å²) in [5.41, 5.74) is 1.34. The second-order valence-electron chi connectivity index (χ2n) is 5.02. The van der Waals surface area contributed by atoms with Gasteiger partial charge in [-0.3, -0.25) is 4.79 Å². The van der Waals surface area contributed by atoms with E-state index in [1.807, 2.05) is 18.2 Å². The van der Waals surface area contributed by atoms with Crippen molar-refractivity contribution >= 4 is 5.97 Å². The van der Waals surface area contributed by atoms with Crippen LogP contribution in [0.1, 0.15) is 11.5 Å². The van der Waals surface area contributed by atoms with E-state index < -0.39 is 0 Å². The highest BCUT2D eigenvalue weighted by atomic mass is 16.5. The lowest BCUT2D eigenvalue weighted by Crippen LogP contribution is -2.58. The monoisotopic (exact) mass is 212 g/mol. The quantitative estimate of drug-likeness (QED) is 0.526. The summed E-state index contributed by atoms with van der Waals surface area (Å²) >= 11 is 0. The molecule has 3 aliphatic rings. The third-order valence-corrected chi connectivity index (χ3v) is 4.46. The van der Waals surface area contributed by atoms with Crippen molar-refractivity contribution in [2.75, 3.05) is 6.61 Å². The molecule has 2 fully saturated rings. The predicted octanol–water partition coefficient (Wildman–Crippen LogP) is 2.13. The van der Waals surface area contributed by atoms with Gasteiger partial charge in [-0.25, -0.2) is 0 Å². The maximum atomic E-state index is 11.7. The van der Waals surface area contributed by atoms with Crippen LogP contribution in [-0.4, -0.2) is 12.6 Å².